The molecule has 3 nitrogen and oxygen atoms in total. The molecular weight excluding hydrogens is 202 g/mol. The molecule has 16 heavy (non-hydrogen) atoms. The van der Waals surface area contributed by atoms with E-state index in [0.717, 1.165) is 24.0 Å². The molecule has 0 aromatic heterocycles. The Morgan fingerprint density at radius 3 is 2.56 bits per heavy atom. The van der Waals surface area contributed by atoms with Crippen molar-refractivity contribution in [2.75, 3.05) is 19.8 Å². The second-order valence-electron chi connectivity index (χ2n) is 4.22. The Morgan fingerprint density at radius 2 is 1.94 bits per heavy atom. The zero-order chi connectivity index (χ0) is 11.2. The summed E-state index contributed by atoms with van der Waals surface area (Å²) in [6.45, 7) is 1.92. The number of benzene rings is 1. The third kappa shape index (κ3) is 3.14. The average Bonchev–Trinajstić information content (AvgIpc) is 2.25. The summed E-state index contributed by atoms with van der Waals surface area (Å²) in [5.74, 6) is 2.48. The molecule has 88 valence electrons. The Kier molecular flexibility index (Phi) is 4.05. The van der Waals surface area contributed by atoms with E-state index >= 15 is 0 Å². The van der Waals surface area contributed by atoms with Crippen LogP contribution in [0.4, 0.5) is 0 Å². The molecule has 0 spiro atoms. The van der Waals surface area contributed by atoms with Crippen LogP contribution in [-0.2, 0) is 0 Å². The van der Waals surface area contributed by atoms with Crippen LogP contribution in [0.3, 0.4) is 0 Å². The van der Waals surface area contributed by atoms with Crippen molar-refractivity contribution in [2.45, 2.75) is 19.3 Å². The Hall–Kier alpha value is -1.22. The van der Waals surface area contributed by atoms with Gasteiger partial charge >= 0.3 is 0 Å². The Bertz CT molecular complexity index is 323. The van der Waals surface area contributed by atoms with Gasteiger partial charge in [-0.15, -0.1) is 0 Å². The van der Waals surface area contributed by atoms with Gasteiger partial charge < -0.3 is 15.2 Å². The molecule has 0 bridgehead atoms. The molecule has 0 saturated heterocycles. The van der Waals surface area contributed by atoms with Gasteiger partial charge in [0.2, 0.25) is 0 Å². The molecule has 2 N–H and O–H groups in total. The summed E-state index contributed by atoms with van der Waals surface area (Å²) < 4.78 is 11.2. The van der Waals surface area contributed by atoms with Crippen molar-refractivity contribution in [3.8, 4) is 11.5 Å². The van der Waals surface area contributed by atoms with E-state index in [2.05, 4.69) is 0 Å². The molecule has 1 fully saturated rings. The number of nitrogens with two attached hydrogens (primary N) is 1. The molecule has 1 aromatic rings. The first-order valence-electron chi connectivity index (χ1n) is 5.94. The minimum Gasteiger partial charge on any atom is -0.493 e. The van der Waals surface area contributed by atoms with Crippen molar-refractivity contribution in [1.82, 2.24) is 0 Å². The third-order valence-electron chi connectivity index (χ3n) is 2.90. The van der Waals surface area contributed by atoms with E-state index in [1.54, 1.807) is 0 Å². The molecule has 0 heterocycles. The first-order chi connectivity index (χ1) is 7.88. The van der Waals surface area contributed by atoms with Gasteiger partial charge in [-0.2, -0.15) is 0 Å². The van der Waals surface area contributed by atoms with Gasteiger partial charge in [-0.25, -0.2) is 0 Å². The van der Waals surface area contributed by atoms with Gasteiger partial charge in [-0.05, 0) is 30.9 Å². The molecule has 0 atom stereocenters. The minimum absolute atomic E-state index is 0.535. The van der Waals surface area contributed by atoms with Crippen LogP contribution in [0.2, 0.25) is 0 Å². The van der Waals surface area contributed by atoms with Crippen molar-refractivity contribution in [1.29, 1.82) is 0 Å². The number of rotatable bonds is 6. The van der Waals surface area contributed by atoms with Crippen molar-refractivity contribution < 1.29 is 9.47 Å². The summed E-state index contributed by atoms with van der Waals surface area (Å²) in [6, 6.07) is 7.76. The monoisotopic (exact) mass is 221 g/mol. The highest BCUT2D eigenvalue weighted by molar-refractivity contribution is 5.32. The molecule has 0 amide bonds. The second-order valence-corrected chi connectivity index (χ2v) is 4.22. The van der Waals surface area contributed by atoms with E-state index in [0.29, 0.717) is 13.2 Å². The van der Waals surface area contributed by atoms with Gasteiger partial charge in [0, 0.05) is 12.6 Å². The first kappa shape index (κ1) is 11.3. The highest BCUT2D eigenvalue weighted by atomic mass is 16.5. The molecule has 1 saturated carbocycles. The zero-order valence-corrected chi connectivity index (χ0v) is 9.52. The van der Waals surface area contributed by atoms with Crippen LogP contribution in [-0.4, -0.2) is 19.8 Å². The van der Waals surface area contributed by atoms with Crippen LogP contribution >= 0.6 is 0 Å². The Morgan fingerprint density at radius 1 is 1.19 bits per heavy atom. The highest BCUT2D eigenvalue weighted by Gasteiger charge is 2.17. The summed E-state index contributed by atoms with van der Waals surface area (Å²) in [5, 5.41) is 0. The Balaban J connectivity index is 1.82. The highest BCUT2D eigenvalue weighted by Crippen LogP contribution is 2.27. The number of hydrogen-bond donors (Lipinski definition) is 1. The maximum Gasteiger partial charge on any atom is 0.123 e. The predicted octanol–water partition coefficient (Wildman–Crippen LogP) is 2.20. The van der Waals surface area contributed by atoms with Gasteiger partial charge in [-0.1, -0.05) is 12.5 Å². The zero-order valence-electron chi connectivity index (χ0n) is 9.52. The van der Waals surface area contributed by atoms with Crippen molar-refractivity contribution in [3.63, 3.8) is 0 Å². The molecule has 3 heteroatoms. The number of ether oxygens (including phenoxy) is 2. The van der Waals surface area contributed by atoms with E-state index < -0.39 is 0 Å². The lowest BCUT2D eigenvalue weighted by Crippen LogP contribution is -2.19. The van der Waals surface area contributed by atoms with Gasteiger partial charge in [0.15, 0.2) is 0 Å². The van der Waals surface area contributed by atoms with E-state index in [9.17, 15) is 0 Å². The fourth-order valence-corrected chi connectivity index (χ4v) is 1.70. The quantitative estimate of drug-likeness (QED) is 0.801. The first-order valence-corrected chi connectivity index (χ1v) is 5.94. The van der Waals surface area contributed by atoms with E-state index in [-0.39, 0.29) is 0 Å². The van der Waals surface area contributed by atoms with Gasteiger partial charge in [0.25, 0.3) is 0 Å². The van der Waals surface area contributed by atoms with Gasteiger partial charge in [-0.3, -0.25) is 0 Å². The lowest BCUT2D eigenvalue weighted by atomic mass is 9.86. The van der Waals surface area contributed by atoms with E-state index in [1.807, 2.05) is 24.3 Å². The summed E-state index contributed by atoms with van der Waals surface area (Å²) in [7, 11) is 0. The lowest BCUT2D eigenvalue weighted by molar-refractivity contribution is 0.180. The van der Waals surface area contributed by atoms with Crippen molar-refractivity contribution in [3.05, 3.63) is 24.3 Å². The summed E-state index contributed by atoms with van der Waals surface area (Å²) in [5.41, 5.74) is 5.38. The second kappa shape index (κ2) is 5.75. The van der Waals surface area contributed by atoms with Crippen LogP contribution in [0.25, 0.3) is 0 Å². The lowest BCUT2D eigenvalue weighted by Gasteiger charge is -2.25. The molecule has 1 aliphatic carbocycles. The molecule has 0 radical (unpaired) electrons. The summed E-state index contributed by atoms with van der Waals surface area (Å²) in [4.78, 5) is 0. The minimum atomic E-state index is 0.535. The van der Waals surface area contributed by atoms with Gasteiger partial charge in [0.1, 0.15) is 18.1 Å². The maximum absolute atomic E-state index is 5.72. The molecule has 0 aliphatic heterocycles. The standard InChI is InChI=1S/C13H19NO2/c14-7-8-15-12-5-2-6-13(9-12)16-10-11-3-1-4-11/h2,5-6,9,11H,1,3-4,7-8,10,14H2. The topological polar surface area (TPSA) is 44.5 Å². The predicted molar refractivity (Wildman–Crippen MR) is 63.8 cm³/mol. The van der Waals surface area contributed by atoms with Crippen LogP contribution in [0.5, 0.6) is 11.5 Å². The largest absolute Gasteiger partial charge is 0.493 e. The normalized spacial score (nSPS) is 15.6. The molecule has 1 aromatic carbocycles. The molecular formula is C13H19NO2. The van der Waals surface area contributed by atoms with Crippen molar-refractivity contribution >= 4 is 0 Å². The fraction of sp³-hybridized carbons (Fsp3) is 0.538. The summed E-state index contributed by atoms with van der Waals surface area (Å²) >= 11 is 0. The summed E-state index contributed by atoms with van der Waals surface area (Å²) in [6.07, 6.45) is 3.97. The Labute approximate surface area is 96.5 Å². The smallest absolute Gasteiger partial charge is 0.123 e. The van der Waals surface area contributed by atoms with Crippen LogP contribution in [0.1, 0.15) is 19.3 Å². The third-order valence-corrected chi connectivity index (χ3v) is 2.90. The molecule has 1 aliphatic rings. The van der Waals surface area contributed by atoms with Crippen LogP contribution in [0, 0.1) is 5.92 Å². The average molecular weight is 221 g/mol. The maximum atomic E-state index is 5.72. The van der Waals surface area contributed by atoms with Crippen molar-refractivity contribution in [2.24, 2.45) is 11.7 Å². The number of hydrogen-bond acceptors (Lipinski definition) is 3. The van der Waals surface area contributed by atoms with Gasteiger partial charge in [0.05, 0.1) is 6.61 Å². The van der Waals surface area contributed by atoms with E-state index in [4.69, 9.17) is 15.2 Å². The van der Waals surface area contributed by atoms with Crippen LogP contribution in [0.15, 0.2) is 24.3 Å². The fourth-order valence-electron chi connectivity index (χ4n) is 1.70. The SMILES string of the molecule is NCCOc1cccc(OCC2CCC2)c1. The van der Waals surface area contributed by atoms with E-state index in [1.165, 1.54) is 19.3 Å². The molecule has 0 unspecified atom stereocenters. The molecule has 2 rings (SSSR count). The van der Waals surface area contributed by atoms with Crippen LogP contribution < -0.4 is 15.2 Å².